The summed E-state index contributed by atoms with van der Waals surface area (Å²) >= 11 is 0. The van der Waals surface area contributed by atoms with Crippen molar-refractivity contribution in [2.24, 2.45) is 0 Å². The van der Waals surface area contributed by atoms with E-state index in [1.807, 2.05) is 0 Å². The van der Waals surface area contributed by atoms with Crippen LogP contribution in [0, 0.1) is 0 Å². The first-order valence-corrected chi connectivity index (χ1v) is 4.96. The lowest BCUT2D eigenvalue weighted by atomic mass is 10.3. The second-order valence-electron chi connectivity index (χ2n) is 3.60. The maximum Gasteiger partial charge on any atom is 0.258 e. The molecule has 0 heterocycles. The van der Waals surface area contributed by atoms with Gasteiger partial charge in [0.1, 0.15) is 0 Å². The van der Waals surface area contributed by atoms with E-state index in [-0.39, 0.29) is 18.3 Å². The van der Waals surface area contributed by atoms with E-state index in [9.17, 15) is 9.90 Å². The molecule has 0 unspecified atom stereocenters. The lowest BCUT2D eigenvalue weighted by molar-refractivity contribution is -0.123. The molecule has 2 N–H and O–H groups in total. The zero-order valence-electron chi connectivity index (χ0n) is 8.27. The van der Waals surface area contributed by atoms with Gasteiger partial charge in [-0.05, 0) is 25.0 Å². The Balaban J connectivity index is 1.81. The van der Waals surface area contributed by atoms with Crippen molar-refractivity contribution in [1.82, 2.24) is 5.32 Å². The van der Waals surface area contributed by atoms with Crippen LogP contribution in [0.4, 0.5) is 0 Å². The van der Waals surface area contributed by atoms with Crippen molar-refractivity contribution >= 4 is 5.91 Å². The first kappa shape index (κ1) is 9.83. The Kier molecular flexibility index (Phi) is 2.76. The number of benzene rings is 1. The molecule has 4 heteroatoms. The molecule has 0 spiro atoms. The number of carbonyl (C=O) groups is 1. The van der Waals surface area contributed by atoms with Gasteiger partial charge in [0.15, 0.2) is 18.1 Å². The van der Waals surface area contributed by atoms with Gasteiger partial charge in [0, 0.05) is 6.04 Å². The van der Waals surface area contributed by atoms with Gasteiger partial charge in [-0.25, -0.2) is 0 Å². The molecule has 2 rings (SSSR count). The van der Waals surface area contributed by atoms with Gasteiger partial charge in [0.2, 0.25) is 0 Å². The highest BCUT2D eigenvalue weighted by Crippen LogP contribution is 2.24. The summed E-state index contributed by atoms with van der Waals surface area (Å²) in [4.78, 5) is 11.3. The van der Waals surface area contributed by atoms with E-state index in [2.05, 4.69) is 5.32 Å². The molecule has 80 valence electrons. The summed E-state index contributed by atoms with van der Waals surface area (Å²) in [5.41, 5.74) is 0. The highest BCUT2D eigenvalue weighted by Gasteiger charge is 2.23. The Hall–Kier alpha value is -1.71. The Morgan fingerprint density at radius 3 is 2.87 bits per heavy atom. The minimum absolute atomic E-state index is 0.0475. The molecule has 0 saturated heterocycles. The van der Waals surface area contributed by atoms with Crippen LogP contribution in [-0.4, -0.2) is 23.7 Å². The highest BCUT2D eigenvalue weighted by atomic mass is 16.5. The van der Waals surface area contributed by atoms with Crippen molar-refractivity contribution in [1.29, 1.82) is 0 Å². The third-order valence-corrected chi connectivity index (χ3v) is 2.17. The predicted octanol–water partition coefficient (Wildman–Crippen LogP) is 1.05. The van der Waals surface area contributed by atoms with Gasteiger partial charge in [-0.3, -0.25) is 4.79 Å². The van der Waals surface area contributed by atoms with Gasteiger partial charge in [0.25, 0.3) is 5.91 Å². The summed E-state index contributed by atoms with van der Waals surface area (Å²) in [6, 6.07) is 6.93. The average Bonchev–Trinajstić information content (AvgIpc) is 3.00. The second kappa shape index (κ2) is 4.21. The van der Waals surface area contributed by atoms with Crippen molar-refractivity contribution in [3.8, 4) is 11.5 Å². The Bertz CT molecular complexity index is 361. The molecular formula is C11H13NO3. The number of ether oxygens (including phenoxy) is 1. The van der Waals surface area contributed by atoms with Crippen LogP contribution < -0.4 is 10.1 Å². The number of carbonyl (C=O) groups excluding carboxylic acids is 1. The number of para-hydroxylation sites is 2. The molecule has 0 aromatic heterocycles. The fourth-order valence-electron chi connectivity index (χ4n) is 1.22. The molecular weight excluding hydrogens is 194 g/mol. The molecule has 1 aromatic carbocycles. The molecule has 1 aliphatic rings. The molecule has 1 aliphatic carbocycles. The van der Waals surface area contributed by atoms with Crippen LogP contribution in [0.25, 0.3) is 0 Å². The van der Waals surface area contributed by atoms with Crippen molar-refractivity contribution in [2.45, 2.75) is 18.9 Å². The molecule has 0 radical (unpaired) electrons. The minimum Gasteiger partial charge on any atom is -0.504 e. The first-order valence-electron chi connectivity index (χ1n) is 4.96. The predicted molar refractivity (Wildman–Crippen MR) is 54.8 cm³/mol. The van der Waals surface area contributed by atoms with E-state index < -0.39 is 0 Å². The van der Waals surface area contributed by atoms with Gasteiger partial charge in [0.05, 0.1) is 0 Å². The molecule has 1 fully saturated rings. The van der Waals surface area contributed by atoms with Crippen molar-refractivity contribution in [3.05, 3.63) is 24.3 Å². The highest BCUT2D eigenvalue weighted by molar-refractivity contribution is 5.78. The van der Waals surface area contributed by atoms with Crippen molar-refractivity contribution < 1.29 is 14.6 Å². The van der Waals surface area contributed by atoms with Crippen molar-refractivity contribution in [2.75, 3.05) is 6.61 Å². The number of hydrogen-bond donors (Lipinski definition) is 2. The maximum atomic E-state index is 11.3. The second-order valence-corrected chi connectivity index (χ2v) is 3.60. The molecule has 4 nitrogen and oxygen atoms in total. The number of amides is 1. The van der Waals surface area contributed by atoms with Gasteiger partial charge in [-0.15, -0.1) is 0 Å². The van der Waals surface area contributed by atoms with Crippen LogP contribution in [0.5, 0.6) is 11.5 Å². The van der Waals surface area contributed by atoms with Gasteiger partial charge >= 0.3 is 0 Å². The zero-order valence-corrected chi connectivity index (χ0v) is 8.27. The molecule has 1 aromatic rings. The van der Waals surface area contributed by atoms with Crippen LogP contribution in [0.2, 0.25) is 0 Å². The average molecular weight is 207 g/mol. The molecule has 1 saturated carbocycles. The Labute approximate surface area is 87.9 Å². The number of phenolic OH excluding ortho intramolecular Hbond substituents is 1. The summed E-state index contributed by atoms with van der Waals surface area (Å²) < 4.78 is 5.17. The summed E-state index contributed by atoms with van der Waals surface area (Å²) in [7, 11) is 0. The third-order valence-electron chi connectivity index (χ3n) is 2.17. The fourth-order valence-corrected chi connectivity index (χ4v) is 1.22. The molecule has 0 aliphatic heterocycles. The standard InChI is InChI=1S/C11H13NO3/c13-9-3-1-2-4-10(9)15-7-11(14)12-8-5-6-8/h1-4,8,13H,5-7H2,(H,12,14). The van der Waals surface area contributed by atoms with E-state index in [0.717, 1.165) is 12.8 Å². The normalized spacial score (nSPS) is 14.7. The van der Waals surface area contributed by atoms with E-state index >= 15 is 0 Å². The zero-order chi connectivity index (χ0) is 10.7. The largest absolute Gasteiger partial charge is 0.504 e. The summed E-state index contributed by atoms with van der Waals surface area (Å²) in [5, 5.41) is 12.2. The number of aromatic hydroxyl groups is 1. The molecule has 0 atom stereocenters. The SMILES string of the molecule is O=C(COc1ccccc1O)NC1CC1. The summed E-state index contributed by atoms with van der Waals surface area (Å²) in [6.07, 6.45) is 2.12. The van der Waals surface area contributed by atoms with Crippen LogP contribution in [0.1, 0.15) is 12.8 Å². The van der Waals surface area contributed by atoms with E-state index in [1.165, 1.54) is 6.07 Å². The monoisotopic (exact) mass is 207 g/mol. The van der Waals surface area contributed by atoms with Gasteiger partial charge in [-0.1, -0.05) is 12.1 Å². The fraction of sp³-hybridized carbons (Fsp3) is 0.364. The molecule has 15 heavy (non-hydrogen) atoms. The first-order chi connectivity index (χ1) is 7.25. The number of hydrogen-bond acceptors (Lipinski definition) is 3. The van der Waals surface area contributed by atoms with Crippen LogP contribution in [0.3, 0.4) is 0 Å². The topological polar surface area (TPSA) is 58.6 Å². The number of nitrogens with one attached hydrogen (secondary N) is 1. The van der Waals surface area contributed by atoms with Crippen LogP contribution in [0.15, 0.2) is 24.3 Å². The lowest BCUT2D eigenvalue weighted by Gasteiger charge is -2.07. The van der Waals surface area contributed by atoms with E-state index in [0.29, 0.717) is 11.8 Å². The molecule has 1 amide bonds. The smallest absolute Gasteiger partial charge is 0.258 e. The van der Waals surface area contributed by atoms with Crippen LogP contribution >= 0.6 is 0 Å². The number of rotatable bonds is 4. The summed E-state index contributed by atoms with van der Waals surface area (Å²) in [5.74, 6) is 0.251. The Morgan fingerprint density at radius 1 is 1.47 bits per heavy atom. The van der Waals surface area contributed by atoms with E-state index in [1.54, 1.807) is 18.2 Å². The summed E-state index contributed by atoms with van der Waals surface area (Å²) in [6.45, 7) is -0.0475. The van der Waals surface area contributed by atoms with Gasteiger partial charge < -0.3 is 15.2 Å². The quantitative estimate of drug-likeness (QED) is 0.775. The minimum atomic E-state index is -0.138. The van der Waals surface area contributed by atoms with Gasteiger partial charge in [-0.2, -0.15) is 0 Å². The lowest BCUT2D eigenvalue weighted by Crippen LogP contribution is -2.30. The van der Waals surface area contributed by atoms with Crippen LogP contribution in [-0.2, 0) is 4.79 Å². The van der Waals surface area contributed by atoms with Crippen molar-refractivity contribution in [3.63, 3.8) is 0 Å². The maximum absolute atomic E-state index is 11.3. The third kappa shape index (κ3) is 2.87. The molecule has 0 bridgehead atoms. The van der Waals surface area contributed by atoms with E-state index in [4.69, 9.17) is 4.74 Å². The Morgan fingerprint density at radius 2 is 2.20 bits per heavy atom. The number of phenols is 1.